The second-order valence-corrected chi connectivity index (χ2v) is 7.10. The molecule has 1 spiro atoms. The second-order valence-electron chi connectivity index (χ2n) is 7.10. The molecule has 3 aliphatic rings. The molecule has 22 heavy (non-hydrogen) atoms. The molecule has 0 unspecified atom stereocenters. The average Bonchev–Trinajstić information content (AvgIpc) is 2.67. The Morgan fingerprint density at radius 2 is 1.82 bits per heavy atom. The van der Waals surface area contributed by atoms with Crippen LogP contribution in [0.5, 0.6) is 0 Å². The van der Waals surface area contributed by atoms with Crippen molar-refractivity contribution in [1.82, 2.24) is 0 Å². The highest BCUT2D eigenvalue weighted by atomic mass is 19.1. The second kappa shape index (κ2) is 4.64. The van der Waals surface area contributed by atoms with E-state index in [-0.39, 0.29) is 17.0 Å². The summed E-state index contributed by atoms with van der Waals surface area (Å²) in [6.45, 7) is 2.09. The Morgan fingerprint density at radius 3 is 2.50 bits per heavy atom. The van der Waals surface area contributed by atoms with Crippen LogP contribution >= 0.6 is 0 Å². The van der Waals surface area contributed by atoms with Crippen LogP contribution in [-0.4, -0.2) is 17.2 Å². The fourth-order valence-corrected chi connectivity index (χ4v) is 4.78. The number of anilines is 1. The van der Waals surface area contributed by atoms with E-state index in [2.05, 4.69) is 6.92 Å². The van der Waals surface area contributed by atoms with E-state index in [0.29, 0.717) is 5.69 Å². The Morgan fingerprint density at radius 1 is 1.14 bits per heavy atom. The Kier molecular flexibility index (Phi) is 2.94. The minimum atomic E-state index is -0.534. The summed E-state index contributed by atoms with van der Waals surface area (Å²) in [5, 5.41) is 0. The first-order chi connectivity index (χ1) is 10.5. The zero-order valence-electron chi connectivity index (χ0n) is 12.8. The highest BCUT2D eigenvalue weighted by Crippen LogP contribution is 2.52. The van der Waals surface area contributed by atoms with Crippen molar-refractivity contribution >= 4 is 17.4 Å². The molecule has 0 aromatic heterocycles. The molecule has 1 aromatic carbocycles. The Balaban J connectivity index is 1.94. The van der Waals surface area contributed by atoms with Gasteiger partial charge in [0.15, 0.2) is 0 Å². The van der Waals surface area contributed by atoms with Crippen molar-refractivity contribution in [2.45, 2.75) is 63.3 Å². The lowest BCUT2D eigenvalue weighted by Gasteiger charge is -2.47. The number of fused-ring (bicyclic) bond motifs is 1. The van der Waals surface area contributed by atoms with Crippen LogP contribution in [0.15, 0.2) is 12.1 Å². The number of ketones is 1. The highest BCUT2D eigenvalue weighted by molar-refractivity contribution is 6.52. The van der Waals surface area contributed by atoms with E-state index in [1.54, 1.807) is 4.90 Å². The third kappa shape index (κ3) is 1.73. The minimum Gasteiger partial charge on any atom is -0.298 e. The van der Waals surface area contributed by atoms with Crippen molar-refractivity contribution in [3.05, 3.63) is 29.1 Å². The van der Waals surface area contributed by atoms with E-state index in [1.165, 1.54) is 25.0 Å². The van der Waals surface area contributed by atoms with Gasteiger partial charge < -0.3 is 0 Å². The number of Topliss-reactive ketones (excluding diaryl/α,β-unsaturated/α-hetero) is 1. The largest absolute Gasteiger partial charge is 0.300 e. The summed E-state index contributed by atoms with van der Waals surface area (Å²) in [6.07, 6.45) is 7.30. The van der Waals surface area contributed by atoms with Crippen LogP contribution < -0.4 is 4.90 Å². The van der Waals surface area contributed by atoms with Crippen molar-refractivity contribution in [3.63, 3.8) is 0 Å². The third-order valence-electron chi connectivity index (χ3n) is 5.70. The first-order valence-electron chi connectivity index (χ1n) is 8.26. The molecule has 0 radical (unpaired) electrons. The number of rotatable bonds is 0. The van der Waals surface area contributed by atoms with Gasteiger partial charge in [-0.2, -0.15) is 0 Å². The van der Waals surface area contributed by atoms with Gasteiger partial charge in [0.25, 0.3) is 11.7 Å². The van der Waals surface area contributed by atoms with E-state index in [1.807, 2.05) is 0 Å². The normalized spacial score (nSPS) is 26.3. The van der Waals surface area contributed by atoms with Gasteiger partial charge in [0, 0.05) is 5.54 Å². The van der Waals surface area contributed by atoms with Crippen molar-refractivity contribution in [2.24, 2.45) is 0 Å². The molecule has 1 atom stereocenters. The number of amides is 1. The zero-order valence-corrected chi connectivity index (χ0v) is 12.8. The number of hydrogen-bond acceptors (Lipinski definition) is 2. The predicted octanol–water partition coefficient (Wildman–Crippen LogP) is 3.96. The quantitative estimate of drug-likeness (QED) is 0.680. The summed E-state index contributed by atoms with van der Waals surface area (Å²) in [4.78, 5) is 26.8. The molecule has 1 saturated carbocycles. The number of carbonyl (C=O) groups is 2. The Bertz CT molecular complexity index is 674. The fourth-order valence-electron chi connectivity index (χ4n) is 4.78. The van der Waals surface area contributed by atoms with E-state index in [0.717, 1.165) is 37.7 Å². The molecule has 0 bridgehead atoms. The predicted molar refractivity (Wildman–Crippen MR) is 81.7 cm³/mol. The first kappa shape index (κ1) is 13.9. The standard InChI is InChI=1S/C18H20FNO2/c1-11-10-18(6-4-2-3-5-7-18)20-15-13(11)8-12(19)9-14(15)16(21)17(20)22/h8-9,11H,2-7,10H2,1H3/t11-/m0/s1. The summed E-state index contributed by atoms with van der Waals surface area (Å²) in [5.74, 6) is -1.22. The average molecular weight is 301 g/mol. The van der Waals surface area contributed by atoms with Gasteiger partial charge in [0.1, 0.15) is 5.82 Å². The number of halogens is 1. The number of nitrogens with zero attached hydrogens (tertiary/aromatic N) is 1. The van der Waals surface area contributed by atoms with Gasteiger partial charge in [-0.15, -0.1) is 0 Å². The van der Waals surface area contributed by atoms with Crippen LogP contribution in [-0.2, 0) is 4.79 Å². The smallest absolute Gasteiger partial charge is 0.298 e. The van der Waals surface area contributed by atoms with Gasteiger partial charge in [0.2, 0.25) is 0 Å². The van der Waals surface area contributed by atoms with Crippen molar-refractivity contribution in [2.75, 3.05) is 4.90 Å². The summed E-state index contributed by atoms with van der Waals surface area (Å²) < 4.78 is 13.9. The molecule has 116 valence electrons. The SMILES string of the molecule is C[C@H]1CC2(CCCCCC2)N2C(=O)C(=O)c3cc(F)cc1c32. The molecule has 4 heteroatoms. The van der Waals surface area contributed by atoms with Gasteiger partial charge in [-0.25, -0.2) is 4.39 Å². The molecular formula is C18H20FNO2. The van der Waals surface area contributed by atoms with Crippen LogP contribution in [0.2, 0.25) is 0 Å². The molecule has 0 saturated heterocycles. The summed E-state index contributed by atoms with van der Waals surface area (Å²) in [5.41, 5.74) is 1.56. The molecule has 1 fully saturated rings. The van der Waals surface area contributed by atoms with Gasteiger partial charge in [-0.1, -0.05) is 32.6 Å². The van der Waals surface area contributed by atoms with Crippen LogP contribution in [0.3, 0.4) is 0 Å². The third-order valence-corrected chi connectivity index (χ3v) is 5.70. The van der Waals surface area contributed by atoms with E-state index < -0.39 is 17.5 Å². The van der Waals surface area contributed by atoms with Crippen LogP contribution in [0.25, 0.3) is 0 Å². The number of hydrogen-bond donors (Lipinski definition) is 0. The first-order valence-corrected chi connectivity index (χ1v) is 8.26. The van der Waals surface area contributed by atoms with Crippen molar-refractivity contribution < 1.29 is 14.0 Å². The number of benzene rings is 1. The summed E-state index contributed by atoms with van der Waals surface area (Å²) in [6, 6.07) is 2.74. The molecular weight excluding hydrogens is 281 g/mol. The molecule has 1 aromatic rings. The molecule has 1 aliphatic carbocycles. The maximum Gasteiger partial charge on any atom is 0.300 e. The molecule has 0 N–H and O–H groups in total. The fraction of sp³-hybridized carbons (Fsp3) is 0.556. The lowest BCUT2D eigenvalue weighted by molar-refractivity contribution is -0.115. The van der Waals surface area contributed by atoms with Crippen LogP contribution in [0.4, 0.5) is 10.1 Å². The van der Waals surface area contributed by atoms with E-state index in [4.69, 9.17) is 0 Å². The van der Waals surface area contributed by atoms with Gasteiger partial charge in [-0.05, 0) is 42.9 Å². The Labute approximate surface area is 129 Å². The monoisotopic (exact) mass is 301 g/mol. The molecule has 2 aliphatic heterocycles. The Hall–Kier alpha value is -1.71. The van der Waals surface area contributed by atoms with E-state index >= 15 is 0 Å². The van der Waals surface area contributed by atoms with Gasteiger partial charge >= 0.3 is 0 Å². The van der Waals surface area contributed by atoms with Gasteiger partial charge in [0.05, 0.1) is 11.3 Å². The lowest BCUT2D eigenvalue weighted by atomic mass is 9.74. The zero-order chi connectivity index (χ0) is 15.5. The van der Waals surface area contributed by atoms with Crippen molar-refractivity contribution in [3.8, 4) is 0 Å². The van der Waals surface area contributed by atoms with Crippen LogP contribution in [0.1, 0.15) is 73.7 Å². The maximum atomic E-state index is 13.9. The highest BCUT2D eigenvalue weighted by Gasteiger charge is 2.53. The van der Waals surface area contributed by atoms with Crippen LogP contribution in [0, 0.1) is 5.82 Å². The number of carbonyl (C=O) groups excluding carboxylic acids is 2. The molecule has 3 nitrogen and oxygen atoms in total. The lowest BCUT2D eigenvalue weighted by Crippen LogP contribution is -2.54. The molecule has 4 rings (SSSR count). The van der Waals surface area contributed by atoms with Gasteiger partial charge in [-0.3, -0.25) is 14.5 Å². The van der Waals surface area contributed by atoms with E-state index in [9.17, 15) is 14.0 Å². The molecule has 1 amide bonds. The molecule has 2 heterocycles. The topological polar surface area (TPSA) is 37.4 Å². The summed E-state index contributed by atoms with van der Waals surface area (Å²) >= 11 is 0. The minimum absolute atomic E-state index is 0.178. The summed E-state index contributed by atoms with van der Waals surface area (Å²) in [7, 11) is 0. The van der Waals surface area contributed by atoms with Crippen molar-refractivity contribution in [1.29, 1.82) is 0 Å². The maximum absolute atomic E-state index is 13.9.